The molecule has 116 valence electrons. The first-order valence-corrected chi connectivity index (χ1v) is 8.31. The lowest BCUT2D eigenvalue weighted by atomic mass is 10.2. The summed E-state index contributed by atoms with van der Waals surface area (Å²) in [6.45, 7) is 0.490. The molecule has 1 aromatic carbocycles. The van der Waals surface area contributed by atoms with E-state index in [1.807, 2.05) is 18.2 Å². The van der Waals surface area contributed by atoms with Gasteiger partial charge in [0.25, 0.3) is 0 Å². The van der Waals surface area contributed by atoms with E-state index in [4.69, 9.17) is 4.98 Å². The second-order valence-corrected chi connectivity index (χ2v) is 6.43. The minimum Gasteiger partial charge on any atom is -0.335 e. The molecule has 2 aliphatic carbocycles. The quantitative estimate of drug-likeness (QED) is 0.911. The molecule has 0 aliphatic heterocycles. The molecule has 0 saturated heterocycles. The van der Waals surface area contributed by atoms with Gasteiger partial charge in [-0.2, -0.15) is 0 Å². The van der Waals surface area contributed by atoms with Crippen LogP contribution in [0.5, 0.6) is 0 Å². The molecule has 2 fully saturated rings. The van der Waals surface area contributed by atoms with Gasteiger partial charge in [0.05, 0.1) is 17.6 Å². The number of fused-ring (bicyclic) bond motifs is 1. The van der Waals surface area contributed by atoms with Crippen molar-refractivity contribution >= 4 is 17.1 Å². The molecule has 2 aliphatic rings. The number of para-hydroxylation sites is 2. The van der Waals surface area contributed by atoms with E-state index >= 15 is 0 Å². The predicted molar refractivity (Wildman–Crippen MR) is 85.6 cm³/mol. The molecule has 5 heteroatoms. The third kappa shape index (κ3) is 2.67. The third-order valence-electron chi connectivity index (χ3n) is 4.68. The van der Waals surface area contributed by atoms with Crippen LogP contribution >= 0.6 is 0 Å². The van der Waals surface area contributed by atoms with Crippen molar-refractivity contribution in [1.82, 2.24) is 20.2 Å². The number of urea groups is 1. The lowest BCUT2D eigenvalue weighted by molar-refractivity contribution is 0.236. The number of rotatable bonds is 4. The van der Waals surface area contributed by atoms with E-state index in [0.29, 0.717) is 18.6 Å². The summed E-state index contributed by atoms with van der Waals surface area (Å²) in [5, 5.41) is 6.04. The molecular weight excluding hydrogens is 276 g/mol. The summed E-state index contributed by atoms with van der Waals surface area (Å²) in [5.74, 6) is 0.963. The number of aromatic nitrogens is 2. The molecule has 0 unspecified atom stereocenters. The fourth-order valence-electron chi connectivity index (χ4n) is 3.43. The SMILES string of the molecule is O=C(NCc1nc2ccccc2n1C1CC1)NC1CCCC1. The van der Waals surface area contributed by atoms with Crippen LogP contribution in [0.15, 0.2) is 24.3 Å². The van der Waals surface area contributed by atoms with E-state index in [2.05, 4.69) is 21.3 Å². The van der Waals surface area contributed by atoms with Crippen LogP contribution < -0.4 is 10.6 Å². The summed E-state index contributed by atoms with van der Waals surface area (Å²) in [4.78, 5) is 16.7. The van der Waals surface area contributed by atoms with Crippen molar-refractivity contribution in [1.29, 1.82) is 0 Å². The largest absolute Gasteiger partial charge is 0.335 e. The van der Waals surface area contributed by atoms with Crippen LogP contribution in [0.3, 0.4) is 0 Å². The Morgan fingerprint density at radius 3 is 2.73 bits per heavy atom. The van der Waals surface area contributed by atoms with Crippen molar-refractivity contribution < 1.29 is 4.79 Å². The van der Waals surface area contributed by atoms with Gasteiger partial charge < -0.3 is 15.2 Å². The van der Waals surface area contributed by atoms with Crippen molar-refractivity contribution in [3.05, 3.63) is 30.1 Å². The first-order chi connectivity index (χ1) is 10.8. The molecule has 0 radical (unpaired) electrons. The maximum atomic E-state index is 12.0. The second kappa shape index (κ2) is 5.63. The Hall–Kier alpha value is -2.04. The van der Waals surface area contributed by atoms with Crippen LogP contribution in [0.1, 0.15) is 50.4 Å². The van der Waals surface area contributed by atoms with E-state index < -0.39 is 0 Å². The molecule has 22 heavy (non-hydrogen) atoms. The van der Waals surface area contributed by atoms with Gasteiger partial charge in [0.2, 0.25) is 0 Å². The minimum atomic E-state index is -0.0682. The maximum Gasteiger partial charge on any atom is 0.315 e. The van der Waals surface area contributed by atoms with Crippen molar-refractivity contribution in [3.8, 4) is 0 Å². The zero-order chi connectivity index (χ0) is 14.9. The molecule has 0 spiro atoms. The monoisotopic (exact) mass is 298 g/mol. The smallest absolute Gasteiger partial charge is 0.315 e. The topological polar surface area (TPSA) is 59.0 Å². The average molecular weight is 298 g/mol. The first kappa shape index (κ1) is 13.6. The fraction of sp³-hybridized carbons (Fsp3) is 0.529. The average Bonchev–Trinajstić information content (AvgIpc) is 3.10. The summed E-state index contributed by atoms with van der Waals surface area (Å²) in [5.41, 5.74) is 2.19. The Bertz CT molecular complexity index is 683. The number of benzene rings is 1. The van der Waals surface area contributed by atoms with Gasteiger partial charge in [-0.25, -0.2) is 9.78 Å². The standard InChI is InChI=1S/C17H22N4O/c22-17(19-12-5-1-2-6-12)18-11-16-20-14-7-3-4-8-15(14)21(16)13-9-10-13/h3-4,7-8,12-13H,1-2,5-6,9-11H2,(H2,18,19,22). The number of hydrogen-bond acceptors (Lipinski definition) is 2. The van der Waals surface area contributed by atoms with E-state index in [9.17, 15) is 4.79 Å². The van der Waals surface area contributed by atoms with Crippen LogP contribution in [0.4, 0.5) is 4.79 Å². The van der Waals surface area contributed by atoms with Crippen LogP contribution in [0.2, 0.25) is 0 Å². The highest BCUT2D eigenvalue weighted by atomic mass is 16.2. The molecule has 2 N–H and O–H groups in total. The van der Waals surface area contributed by atoms with Crippen molar-refractivity contribution in [2.24, 2.45) is 0 Å². The van der Waals surface area contributed by atoms with Crippen molar-refractivity contribution in [2.75, 3.05) is 0 Å². The summed E-state index contributed by atoms with van der Waals surface area (Å²) < 4.78 is 2.30. The third-order valence-corrected chi connectivity index (χ3v) is 4.68. The number of amides is 2. The zero-order valence-corrected chi connectivity index (χ0v) is 12.7. The number of nitrogens with one attached hydrogen (secondary N) is 2. The molecule has 1 heterocycles. The molecule has 2 saturated carbocycles. The van der Waals surface area contributed by atoms with Crippen LogP contribution in [0.25, 0.3) is 11.0 Å². The summed E-state index contributed by atoms with van der Waals surface area (Å²) in [6.07, 6.45) is 7.08. The van der Waals surface area contributed by atoms with E-state index in [1.165, 1.54) is 31.2 Å². The van der Waals surface area contributed by atoms with E-state index in [0.717, 1.165) is 24.2 Å². The number of carbonyl (C=O) groups is 1. The molecule has 5 nitrogen and oxygen atoms in total. The first-order valence-electron chi connectivity index (χ1n) is 8.31. The van der Waals surface area contributed by atoms with Crippen LogP contribution in [0, 0.1) is 0 Å². The lowest BCUT2D eigenvalue weighted by Crippen LogP contribution is -2.40. The Kier molecular flexibility index (Phi) is 3.48. The Morgan fingerprint density at radius 2 is 1.95 bits per heavy atom. The van der Waals surface area contributed by atoms with E-state index in [1.54, 1.807) is 0 Å². The molecular formula is C17H22N4O. The summed E-state index contributed by atoms with van der Waals surface area (Å²) >= 11 is 0. The van der Waals surface area contributed by atoms with Gasteiger partial charge in [-0.3, -0.25) is 0 Å². The highest BCUT2D eigenvalue weighted by Crippen LogP contribution is 2.38. The highest BCUT2D eigenvalue weighted by Gasteiger charge is 2.28. The second-order valence-electron chi connectivity index (χ2n) is 6.43. The molecule has 1 aromatic heterocycles. The zero-order valence-electron chi connectivity index (χ0n) is 12.7. The number of hydrogen-bond donors (Lipinski definition) is 2. The van der Waals surface area contributed by atoms with Gasteiger partial charge in [0, 0.05) is 12.1 Å². The number of nitrogens with zero attached hydrogens (tertiary/aromatic N) is 2. The summed E-state index contributed by atoms with van der Waals surface area (Å²) in [7, 11) is 0. The van der Waals surface area contributed by atoms with Gasteiger partial charge in [-0.05, 0) is 37.8 Å². The highest BCUT2D eigenvalue weighted by molar-refractivity contribution is 5.77. The molecule has 2 aromatic rings. The van der Waals surface area contributed by atoms with Crippen molar-refractivity contribution in [2.45, 2.75) is 57.2 Å². The lowest BCUT2D eigenvalue weighted by Gasteiger charge is -2.13. The molecule has 0 atom stereocenters. The van der Waals surface area contributed by atoms with Gasteiger partial charge in [0.1, 0.15) is 5.82 Å². The maximum absolute atomic E-state index is 12.0. The molecule has 2 amide bonds. The van der Waals surface area contributed by atoms with Gasteiger partial charge in [-0.15, -0.1) is 0 Å². The Labute approximate surface area is 130 Å². The van der Waals surface area contributed by atoms with Gasteiger partial charge in [-0.1, -0.05) is 25.0 Å². The fourth-order valence-corrected chi connectivity index (χ4v) is 3.43. The van der Waals surface area contributed by atoms with Gasteiger partial charge >= 0.3 is 6.03 Å². The van der Waals surface area contributed by atoms with Crippen LogP contribution in [-0.4, -0.2) is 21.6 Å². The minimum absolute atomic E-state index is 0.0682. The number of carbonyl (C=O) groups excluding carboxylic acids is 1. The molecule has 0 bridgehead atoms. The van der Waals surface area contributed by atoms with Gasteiger partial charge in [0.15, 0.2) is 0 Å². The normalized spacial score (nSPS) is 18.7. The van der Waals surface area contributed by atoms with Crippen LogP contribution in [-0.2, 0) is 6.54 Å². The summed E-state index contributed by atoms with van der Waals surface area (Å²) in [6, 6.07) is 9.05. The predicted octanol–water partition coefficient (Wildman–Crippen LogP) is 3.11. The van der Waals surface area contributed by atoms with E-state index in [-0.39, 0.29) is 6.03 Å². The molecule has 4 rings (SSSR count). The van der Waals surface area contributed by atoms with Crippen molar-refractivity contribution in [3.63, 3.8) is 0 Å². The Morgan fingerprint density at radius 1 is 1.18 bits per heavy atom. The Balaban J connectivity index is 1.47. The number of imidazole rings is 1.